The summed E-state index contributed by atoms with van der Waals surface area (Å²) in [5.74, 6) is -2.10. The first kappa shape index (κ1) is 22.1. The number of carboxylic acids is 1. The molecule has 1 aliphatic heterocycles. The maximum atomic E-state index is 12.8. The molecule has 0 aromatic heterocycles. The number of imide groups is 1. The average Bonchev–Trinajstić information content (AvgIpc) is 2.97. The molecule has 0 saturated carbocycles. The van der Waals surface area contributed by atoms with Crippen LogP contribution < -0.4 is 10.2 Å². The first-order valence-electron chi connectivity index (χ1n) is 8.85. The Morgan fingerprint density at radius 1 is 1.07 bits per heavy atom. The molecule has 10 heteroatoms. The van der Waals surface area contributed by atoms with Crippen LogP contribution in [0.1, 0.15) is 19.3 Å². The lowest BCUT2D eigenvalue weighted by Crippen LogP contribution is -2.31. The lowest BCUT2D eigenvalue weighted by Gasteiger charge is -2.15. The highest BCUT2D eigenvalue weighted by atomic mass is 35.5. The van der Waals surface area contributed by atoms with Gasteiger partial charge in [0.1, 0.15) is 0 Å². The third-order valence-electron chi connectivity index (χ3n) is 4.25. The Balaban J connectivity index is 1.63. The number of benzene rings is 2. The summed E-state index contributed by atoms with van der Waals surface area (Å²) in [6.45, 7) is 0. The van der Waals surface area contributed by atoms with Crippen molar-refractivity contribution in [2.75, 3.05) is 10.2 Å². The summed E-state index contributed by atoms with van der Waals surface area (Å²) in [6.07, 6.45) is -0.306. The molecule has 0 bridgehead atoms. The predicted molar refractivity (Wildman–Crippen MR) is 115 cm³/mol. The third-order valence-corrected chi connectivity index (χ3v) is 6.19. The van der Waals surface area contributed by atoms with Gasteiger partial charge in [-0.05, 0) is 42.5 Å². The molecule has 1 heterocycles. The monoisotopic (exact) mass is 466 g/mol. The maximum absolute atomic E-state index is 12.8. The molecule has 3 rings (SSSR count). The van der Waals surface area contributed by atoms with Gasteiger partial charge in [0.2, 0.25) is 17.7 Å². The van der Waals surface area contributed by atoms with Crippen molar-refractivity contribution >= 4 is 70.0 Å². The van der Waals surface area contributed by atoms with Gasteiger partial charge in [-0.15, -0.1) is 11.8 Å². The van der Waals surface area contributed by atoms with Gasteiger partial charge in [-0.3, -0.25) is 19.2 Å². The maximum Gasteiger partial charge on any atom is 0.303 e. The minimum absolute atomic E-state index is 0.0530. The molecule has 0 aliphatic carbocycles. The Kier molecular flexibility index (Phi) is 7.02. The molecular formula is C20H16Cl2N2O5S. The number of nitrogens with one attached hydrogen (secondary N) is 1. The van der Waals surface area contributed by atoms with Crippen LogP contribution in [0.25, 0.3) is 0 Å². The van der Waals surface area contributed by atoms with Crippen LogP contribution in [0.3, 0.4) is 0 Å². The minimum atomic E-state index is -1.04. The molecule has 1 atom stereocenters. The highest BCUT2D eigenvalue weighted by molar-refractivity contribution is 8.00. The van der Waals surface area contributed by atoms with E-state index in [1.165, 1.54) is 23.9 Å². The molecule has 0 unspecified atom stereocenters. The predicted octanol–water partition coefficient (Wildman–Crippen LogP) is 4.22. The second kappa shape index (κ2) is 9.51. The van der Waals surface area contributed by atoms with Gasteiger partial charge in [0, 0.05) is 23.4 Å². The summed E-state index contributed by atoms with van der Waals surface area (Å²) >= 11 is 13.1. The summed E-state index contributed by atoms with van der Waals surface area (Å²) in [6, 6.07) is 11.3. The van der Waals surface area contributed by atoms with Crippen LogP contribution in [-0.2, 0) is 19.2 Å². The van der Waals surface area contributed by atoms with Crippen LogP contribution in [0, 0.1) is 0 Å². The molecule has 2 aromatic rings. The number of nitrogens with zero attached hydrogens (tertiary/aromatic N) is 1. The summed E-state index contributed by atoms with van der Waals surface area (Å²) in [5.41, 5.74) is 0.892. The first-order chi connectivity index (χ1) is 14.2. The molecule has 3 amide bonds. The van der Waals surface area contributed by atoms with E-state index in [2.05, 4.69) is 5.32 Å². The van der Waals surface area contributed by atoms with Crippen molar-refractivity contribution in [3.63, 3.8) is 0 Å². The van der Waals surface area contributed by atoms with Crippen LogP contribution in [0.2, 0.25) is 10.0 Å². The molecule has 30 heavy (non-hydrogen) atoms. The van der Waals surface area contributed by atoms with Crippen molar-refractivity contribution in [3.8, 4) is 0 Å². The largest absolute Gasteiger partial charge is 0.481 e. The van der Waals surface area contributed by atoms with Crippen molar-refractivity contribution in [1.29, 1.82) is 0 Å². The number of thioether (sulfide) groups is 1. The minimum Gasteiger partial charge on any atom is -0.481 e. The Morgan fingerprint density at radius 2 is 1.77 bits per heavy atom. The Hall–Kier alpha value is -2.55. The topological polar surface area (TPSA) is 104 Å². The van der Waals surface area contributed by atoms with E-state index in [4.69, 9.17) is 28.3 Å². The Morgan fingerprint density at radius 3 is 2.40 bits per heavy atom. The number of anilines is 2. The lowest BCUT2D eigenvalue weighted by molar-refractivity contribution is -0.138. The Bertz CT molecular complexity index is 1010. The van der Waals surface area contributed by atoms with Crippen LogP contribution in [-0.4, -0.2) is 34.0 Å². The van der Waals surface area contributed by atoms with E-state index in [1.54, 1.807) is 30.3 Å². The van der Waals surface area contributed by atoms with Gasteiger partial charge >= 0.3 is 5.97 Å². The van der Waals surface area contributed by atoms with Crippen molar-refractivity contribution in [3.05, 3.63) is 52.5 Å². The lowest BCUT2D eigenvalue weighted by atomic mass is 10.2. The second-order valence-electron chi connectivity index (χ2n) is 6.44. The summed E-state index contributed by atoms with van der Waals surface area (Å²) in [5, 5.41) is 11.2. The normalized spacial score (nSPS) is 16.1. The fourth-order valence-corrected chi connectivity index (χ4v) is 4.16. The SMILES string of the molecule is O=C(O)CCC(=O)Nc1ccc(S[C@H]2CC(=O)N(c3ccc(Cl)c(Cl)c3)C2=O)cc1. The van der Waals surface area contributed by atoms with Crippen molar-refractivity contribution in [2.45, 2.75) is 29.4 Å². The number of carboxylic acid groups (broad SMARTS) is 1. The van der Waals surface area contributed by atoms with E-state index in [9.17, 15) is 19.2 Å². The zero-order chi connectivity index (χ0) is 21.8. The molecule has 7 nitrogen and oxygen atoms in total. The first-order valence-corrected chi connectivity index (χ1v) is 10.5. The molecule has 0 radical (unpaired) electrons. The molecule has 1 fully saturated rings. The molecule has 1 aliphatic rings. The number of carbonyl (C=O) groups excluding carboxylic acids is 3. The number of amides is 3. The zero-order valence-electron chi connectivity index (χ0n) is 15.4. The smallest absolute Gasteiger partial charge is 0.303 e. The summed E-state index contributed by atoms with van der Waals surface area (Å²) in [4.78, 5) is 49.2. The van der Waals surface area contributed by atoms with Crippen LogP contribution >= 0.6 is 35.0 Å². The van der Waals surface area contributed by atoms with Gasteiger partial charge in [0.25, 0.3) is 0 Å². The molecular weight excluding hydrogens is 451 g/mol. The van der Waals surface area contributed by atoms with E-state index in [0.717, 1.165) is 9.80 Å². The second-order valence-corrected chi connectivity index (χ2v) is 8.53. The van der Waals surface area contributed by atoms with Gasteiger partial charge < -0.3 is 10.4 Å². The molecule has 2 N–H and O–H groups in total. The Labute approximate surface area is 186 Å². The highest BCUT2D eigenvalue weighted by Crippen LogP contribution is 2.36. The van der Waals surface area contributed by atoms with Crippen molar-refractivity contribution in [1.82, 2.24) is 0 Å². The van der Waals surface area contributed by atoms with E-state index in [0.29, 0.717) is 16.4 Å². The molecule has 1 saturated heterocycles. The quantitative estimate of drug-likeness (QED) is 0.591. The fraction of sp³-hybridized carbons (Fsp3) is 0.200. The zero-order valence-corrected chi connectivity index (χ0v) is 17.8. The standard InChI is InChI=1S/C20H16Cl2N2O5S/c21-14-6-3-12(9-15(14)22)24-18(26)10-16(20(24)29)30-13-4-1-11(2-5-13)23-17(25)7-8-19(27)28/h1-6,9,16H,7-8,10H2,(H,23,25)(H,27,28)/t16-/m0/s1. The van der Waals surface area contributed by atoms with Gasteiger partial charge in [-0.1, -0.05) is 23.2 Å². The van der Waals surface area contributed by atoms with Crippen LogP contribution in [0.5, 0.6) is 0 Å². The van der Waals surface area contributed by atoms with Crippen LogP contribution in [0.4, 0.5) is 11.4 Å². The number of hydrogen-bond donors (Lipinski definition) is 2. The third kappa shape index (κ3) is 5.33. The van der Waals surface area contributed by atoms with E-state index in [1.807, 2.05) is 0 Å². The van der Waals surface area contributed by atoms with Gasteiger partial charge in [0.05, 0.1) is 27.4 Å². The molecule has 156 valence electrons. The average molecular weight is 467 g/mol. The van der Waals surface area contributed by atoms with Crippen LogP contribution in [0.15, 0.2) is 47.4 Å². The van der Waals surface area contributed by atoms with Crippen molar-refractivity contribution in [2.24, 2.45) is 0 Å². The fourth-order valence-electron chi connectivity index (χ4n) is 2.82. The molecule has 2 aromatic carbocycles. The number of rotatable bonds is 7. The number of aliphatic carboxylic acids is 1. The number of halogens is 2. The van der Waals surface area contributed by atoms with Gasteiger partial charge in [0.15, 0.2) is 0 Å². The van der Waals surface area contributed by atoms with E-state index in [-0.39, 0.29) is 36.1 Å². The van der Waals surface area contributed by atoms with Crippen molar-refractivity contribution < 1.29 is 24.3 Å². The summed E-state index contributed by atoms with van der Waals surface area (Å²) < 4.78 is 0. The van der Waals surface area contributed by atoms with E-state index < -0.39 is 17.1 Å². The summed E-state index contributed by atoms with van der Waals surface area (Å²) in [7, 11) is 0. The number of hydrogen-bond acceptors (Lipinski definition) is 5. The van der Waals surface area contributed by atoms with Gasteiger partial charge in [-0.25, -0.2) is 4.90 Å². The number of carbonyl (C=O) groups is 4. The van der Waals surface area contributed by atoms with E-state index >= 15 is 0 Å². The van der Waals surface area contributed by atoms with Gasteiger partial charge in [-0.2, -0.15) is 0 Å². The highest BCUT2D eigenvalue weighted by Gasteiger charge is 2.40. The molecule has 0 spiro atoms.